The average Bonchev–Trinajstić information content (AvgIpc) is 2.49. The van der Waals surface area contributed by atoms with Gasteiger partial charge in [0.15, 0.2) is 0 Å². The first kappa shape index (κ1) is 14.7. The molecule has 0 aliphatic heterocycles. The Bertz CT molecular complexity index is 372. The molecule has 0 aromatic carbocycles. The smallest absolute Gasteiger partial charge is 0.127 e. The Morgan fingerprint density at radius 3 is 2.71 bits per heavy atom. The van der Waals surface area contributed by atoms with Crippen LogP contribution in [-0.2, 0) is 11.0 Å². The van der Waals surface area contributed by atoms with Crippen LogP contribution >= 0.6 is 11.6 Å². The molecule has 17 heavy (non-hydrogen) atoms. The molecule has 4 heteroatoms. The van der Waals surface area contributed by atoms with Crippen molar-refractivity contribution in [3.8, 4) is 0 Å². The first-order valence-electron chi connectivity index (χ1n) is 5.98. The molecule has 0 amide bonds. The van der Waals surface area contributed by atoms with Crippen molar-refractivity contribution in [1.29, 1.82) is 0 Å². The fourth-order valence-electron chi connectivity index (χ4n) is 1.60. The number of hydrogen-bond acceptors (Lipinski definition) is 1. The van der Waals surface area contributed by atoms with Crippen molar-refractivity contribution < 1.29 is 4.21 Å². The standard InChI is InChI=1S/C13H20ClNOS/c1-4-10-15(11(2)3)17(16)13-7-5-6-12(14)8-9-13/h6-9,11H,4-5,10H2,1-3H3. The van der Waals surface area contributed by atoms with Crippen LogP contribution < -0.4 is 0 Å². The van der Waals surface area contributed by atoms with Crippen LogP contribution in [0.2, 0.25) is 0 Å². The molecule has 0 saturated heterocycles. The Morgan fingerprint density at radius 2 is 2.12 bits per heavy atom. The molecule has 0 fully saturated rings. The van der Waals surface area contributed by atoms with Gasteiger partial charge in [-0.15, -0.1) is 0 Å². The average molecular weight is 274 g/mol. The summed E-state index contributed by atoms with van der Waals surface area (Å²) < 4.78 is 14.4. The third kappa shape index (κ3) is 4.41. The lowest BCUT2D eigenvalue weighted by molar-refractivity contribution is 0.380. The third-order valence-electron chi connectivity index (χ3n) is 2.47. The summed E-state index contributed by atoms with van der Waals surface area (Å²) >= 11 is 5.92. The van der Waals surface area contributed by atoms with E-state index in [0.717, 1.165) is 24.3 Å². The van der Waals surface area contributed by atoms with Gasteiger partial charge in [-0.3, -0.25) is 0 Å². The van der Waals surface area contributed by atoms with E-state index in [4.69, 9.17) is 11.6 Å². The summed E-state index contributed by atoms with van der Waals surface area (Å²) in [5, 5.41) is 0.708. The van der Waals surface area contributed by atoms with Gasteiger partial charge < -0.3 is 0 Å². The van der Waals surface area contributed by atoms with Gasteiger partial charge in [-0.1, -0.05) is 30.7 Å². The molecule has 1 atom stereocenters. The number of nitrogens with zero attached hydrogens (tertiary/aromatic N) is 1. The predicted molar refractivity (Wildman–Crippen MR) is 76.1 cm³/mol. The van der Waals surface area contributed by atoms with E-state index in [9.17, 15) is 4.21 Å². The summed E-state index contributed by atoms with van der Waals surface area (Å²) in [6, 6.07) is 0.275. The highest BCUT2D eigenvalue weighted by atomic mass is 35.5. The lowest BCUT2D eigenvalue weighted by Crippen LogP contribution is -2.33. The fraction of sp³-hybridized carbons (Fsp3) is 0.538. The summed E-state index contributed by atoms with van der Waals surface area (Å²) in [6.07, 6.45) is 9.30. The van der Waals surface area contributed by atoms with Gasteiger partial charge in [-0.2, -0.15) is 0 Å². The molecule has 0 aromatic rings. The highest BCUT2D eigenvalue weighted by molar-refractivity contribution is 7.86. The van der Waals surface area contributed by atoms with E-state index in [0.29, 0.717) is 5.03 Å². The zero-order valence-electron chi connectivity index (χ0n) is 10.6. The Balaban J connectivity index is 2.81. The van der Waals surface area contributed by atoms with E-state index in [2.05, 4.69) is 20.8 Å². The predicted octanol–water partition coefficient (Wildman–Crippen LogP) is 3.74. The molecule has 1 unspecified atom stereocenters. The second kappa shape index (κ2) is 7.14. The molecule has 1 aliphatic rings. The Kier molecular flexibility index (Phi) is 6.17. The molecule has 1 rings (SSSR count). The maximum atomic E-state index is 12.4. The third-order valence-corrected chi connectivity index (χ3v) is 4.49. The first-order chi connectivity index (χ1) is 8.06. The lowest BCUT2D eigenvalue weighted by atomic mass is 10.4. The topological polar surface area (TPSA) is 20.3 Å². The molecular weight excluding hydrogens is 254 g/mol. The SMILES string of the molecule is CCCN(C(C)C)S(=O)C1=CCC=C(Cl)C=C1. The van der Waals surface area contributed by atoms with Crippen LogP contribution in [0.5, 0.6) is 0 Å². The highest BCUT2D eigenvalue weighted by Crippen LogP contribution is 2.19. The maximum Gasteiger partial charge on any atom is 0.127 e. The summed E-state index contributed by atoms with van der Waals surface area (Å²) in [5.41, 5.74) is 0. The number of rotatable bonds is 5. The minimum Gasteiger partial charge on any atom is -0.237 e. The van der Waals surface area contributed by atoms with Crippen molar-refractivity contribution in [3.63, 3.8) is 0 Å². The molecule has 0 aromatic heterocycles. The monoisotopic (exact) mass is 273 g/mol. The fourth-order valence-corrected chi connectivity index (χ4v) is 3.18. The van der Waals surface area contributed by atoms with Gasteiger partial charge in [-0.25, -0.2) is 8.51 Å². The molecule has 0 radical (unpaired) electrons. The second-order valence-corrected chi connectivity index (χ2v) is 6.12. The van der Waals surface area contributed by atoms with Crippen LogP contribution in [0, 0.1) is 0 Å². The van der Waals surface area contributed by atoms with Crippen LogP contribution in [-0.4, -0.2) is 21.1 Å². The van der Waals surface area contributed by atoms with Crippen molar-refractivity contribution in [2.45, 2.75) is 39.7 Å². The van der Waals surface area contributed by atoms with E-state index in [-0.39, 0.29) is 6.04 Å². The molecular formula is C13H20ClNOS. The number of halogens is 1. The van der Waals surface area contributed by atoms with Crippen LogP contribution in [0.15, 0.2) is 34.2 Å². The minimum absolute atomic E-state index is 0.275. The molecule has 1 aliphatic carbocycles. The van der Waals surface area contributed by atoms with Gasteiger partial charge in [0.05, 0.1) is 4.91 Å². The molecule has 2 nitrogen and oxygen atoms in total. The Labute approximate surface area is 112 Å². The quantitative estimate of drug-likeness (QED) is 0.747. The lowest BCUT2D eigenvalue weighted by Gasteiger charge is -2.24. The Morgan fingerprint density at radius 1 is 1.41 bits per heavy atom. The van der Waals surface area contributed by atoms with E-state index in [1.807, 2.05) is 28.6 Å². The molecule has 0 bridgehead atoms. The van der Waals surface area contributed by atoms with Crippen LogP contribution in [0.4, 0.5) is 0 Å². The van der Waals surface area contributed by atoms with Crippen molar-refractivity contribution >= 4 is 22.6 Å². The van der Waals surface area contributed by atoms with Gasteiger partial charge in [-0.05, 0) is 38.8 Å². The maximum absolute atomic E-state index is 12.4. The van der Waals surface area contributed by atoms with E-state index >= 15 is 0 Å². The number of allylic oxidation sites excluding steroid dienone is 5. The second-order valence-electron chi connectivity index (χ2n) is 4.25. The van der Waals surface area contributed by atoms with Gasteiger partial charge in [0.1, 0.15) is 11.0 Å². The van der Waals surface area contributed by atoms with Gasteiger partial charge in [0.2, 0.25) is 0 Å². The Hall–Kier alpha value is -0.380. The van der Waals surface area contributed by atoms with Crippen molar-refractivity contribution in [2.24, 2.45) is 0 Å². The van der Waals surface area contributed by atoms with Crippen LogP contribution in [0.3, 0.4) is 0 Å². The van der Waals surface area contributed by atoms with Crippen molar-refractivity contribution in [1.82, 2.24) is 4.31 Å². The van der Waals surface area contributed by atoms with Gasteiger partial charge in [0.25, 0.3) is 0 Å². The van der Waals surface area contributed by atoms with Crippen molar-refractivity contribution in [3.05, 3.63) is 34.2 Å². The van der Waals surface area contributed by atoms with Crippen molar-refractivity contribution in [2.75, 3.05) is 6.54 Å². The molecule has 0 heterocycles. The summed E-state index contributed by atoms with van der Waals surface area (Å²) in [7, 11) is -1.08. The largest absolute Gasteiger partial charge is 0.237 e. The summed E-state index contributed by atoms with van der Waals surface area (Å²) in [6.45, 7) is 7.08. The zero-order chi connectivity index (χ0) is 12.8. The molecule has 96 valence electrons. The van der Waals surface area contributed by atoms with Gasteiger partial charge >= 0.3 is 0 Å². The normalized spacial score (nSPS) is 18.0. The molecule has 0 N–H and O–H groups in total. The van der Waals surface area contributed by atoms with Crippen LogP contribution in [0.25, 0.3) is 0 Å². The van der Waals surface area contributed by atoms with E-state index < -0.39 is 11.0 Å². The zero-order valence-corrected chi connectivity index (χ0v) is 12.2. The molecule has 0 spiro atoms. The highest BCUT2D eigenvalue weighted by Gasteiger charge is 2.18. The van der Waals surface area contributed by atoms with E-state index in [1.54, 1.807) is 0 Å². The molecule has 0 saturated carbocycles. The van der Waals surface area contributed by atoms with Gasteiger partial charge in [0, 0.05) is 17.6 Å². The summed E-state index contributed by atoms with van der Waals surface area (Å²) in [4.78, 5) is 0.846. The minimum atomic E-state index is -1.08. The first-order valence-corrected chi connectivity index (χ1v) is 7.47. The number of hydrogen-bond donors (Lipinski definition) is 0. The van der Waals surface area contributed by atoms with E-state index in [1.165, 1.54) is 0 Å². The van der Waals surface area contributed by atoms with Crippen LogP contribution in [0.1, 0.15) is 33.6 Å². The summed E-state index contributed by atoms with van der Waals surface area (Å²) in [5.74, 6) is 0.